The molecule has 0 aromatic heterocycles. The Hall–Kier alpha value is -1.11. The Morgan fingerprint density at radius 1 is 1.38 bits per heavy atom. The lowest BCUT2D eigenvalue weighted by molar-refractivity contribution is -0.110. The molecule has 1 fully saturated rings. The smallest absolute Gasteiger partial charge is 0.178 e. The SMILES string of the molecule is C=C(C)[C@H]1CCC2(C1)C(C)=CC(=O)C=C2C. The quantitative estimate of drug-likeness (QED) is 0.609. The molecule has 1 spiro atoms. The molecule has 0 unspecified atom stereocenters. The Kier molecular flexibility index (Phi) is 2.65. The second kappa shape index (κ2) is 3.73. The second-order valence-corrected chi connectivity index (χ2v) is 5.43. The molecule has 0 aliphatic heterocycles. The third-order valence-corrected chi connectivity index (χ3v) is 4.44. The van der Waals surface area contributed by atoms with Crippen LogP contribution >= 0.6 is 0 Å². The van der Waals surface area contributed by atoms with Gasteiger partial charge in [0.05, 0.1) is 0 Å². The fourth-order valence-electron chi connectivity index (χ4n) is 3.24. The summed E-state index contributed by atoms with van der Waals surface area (Å²) in [4.78, 5) is 11.5. The first-order chi connectivity index (χ1) is 7.45. The van der Waals surface area contributed by atoms with Gasteiger partial charge in [0.1, 0.15) is 0 Å². The van der Waals surface area contributed by atoms with Gasteiger partial charge in [-0.15, -0.1) is 0 Å². The lowest BCUT2D eigenvalue weighted by atomic mass is 9.69. The molecule has 0 saturated heterocycles. The van der Waals surface area contributed by atoms with Crippen LogP contribution in [0.2, 0.25) is 0 Å². The summed E-state index contributed by atoms with van der Waals surface area (Å²) in [7, 11) is 0. The Labute approximate surface area is 97.9 Å². The maximum absolute atomic E-state index is 11.5. The van der Waals surface area contributed by atoms with Crippen LogP contribution in [0.4, 0.5) is 0 Å². The molecule has 0 aromatic rings. The van der Waals surface area contributed by atoms with Crippen molar-refractivity contribution in [3.05, 3.63) is 35.5 Å². The van der Waals surface area contributed by atoms with Crippen molar-refractivity contribution in [2.24, 2.45) is 11.3 Å². The molecule has 0 aromatic carbocycles. The van der Waals surface area contributed by atoms with Gasteiger partial charge < -0.3 is 0 Å². The van der Waals surface area contributed by atoms with Gasteiger partial charge in [-0.25, -0.2) is 0 Å². The minimum Gasteiger partial charge on any atom is -0.290 e. The first-order valence-electron chi connectivity index (χ1n) is 6.02. The maximum atomic E-state index is 11.5. The van der Waals surface area contributed by atoms with Gasteiger partial charge in [0.15, 0.2) is 5.78 Å². The van der Waals surface area contributed by atoms with Crippen molar-refractivity contribution < 1.29 is 4.79 Å². The van der Waals surface area contributed by atoms with Gasteiger partial charge >= 0.3 is 0 Å². The van der Waals surface area contributed by atoms with Crippen molar-refractivity contribution in [1.82, 2.24) is 0 Å². The Morgan fingerprint density at radius 3 is 2.38 bits per heavy atom. The predicted molar refractivity (Wildman–Crippen MR) is 67.1 cm³/mol. The van der Waals surface area contributed by atoms with E-state index >= 15 is 0 Å². The van der Waals surface area contributed by atoms with E-state index in [1.165, 1.54) is 29.6 Å². The van der Waals surface area contributed by atoms with E-state index < -0.39 is 0 Å². The van der Waals surface area contributed by atoms with Crippen LogP contribution in [0.15, 0.2) is 35.5 Å². The zero-order valence-electron chi connectivity index (χ0n) is 10.5. The van der Waals surface area contributed by atoms with Gasteiger partial charge in [-0.2, -0.15) is 0 Å². The fraction of sp³-hybridized carbons (Fsp3) is 0.533. The van der Waals surface area contributed by atoms with E-state index in [9.17, 15) is 4.79 Å². The third kappa shape index (κ3) is 1.59. The maximum Gasteiger partial charge on any atom is 0.178 e. The van der Waals surface area contributed by atoms with E-state index in [2.05, 4.69) is 27.4 Å². The lowest BCUT2D eigenvalue weighted by Gasteiger charge is -2.34. The largest absolute Gasteiger partial charge is 0.290 e. The van der Waals surface area contributed by atoms with Crippen LogP contribution in [0.25, 0.3) is 0 Å². The summed E-state index contributed by atoms with van der Waals surface area (Å²) in [5, 5.41) is 0. The minimum absolute atomic E-state index is 0.152. The van der Waals surface area contributed by atoms with Crippen molar-refractivity contribution in [3.8, 4) is 0 Å². The van der Waals surface area contributed by atoms with Gasteiger partial charge in [0, 0.05) is 5.41 Å². The van der Waals surface area contributed by atoms with Crippen molar-refractivity contribution in [2.45, 2.75) is 40.0 Å². The molecule has 2 aliphatic rings. The molecule has 1 atom stereocenters. The van der Waals surface area contributed by atoms with Crippen LogP contribution in [0.3, 0.4) is 0 Å². The first-order valence-corrected chi connectivity index (χ1v) is 6.02. The molecule has 1 saturated carbocycles. The van der Waals surface area contributed by atoms with Crippen molar-refractivity contribution in [2.75, 3.05) is 0 Å². The summed E-state index contributed by atoms with van der Waals surface area (Å²) in [6.45, 7) is 10.4. The zero-order chi connectivity index (χ0) is 11.9. The molecule has 2 aliphatic carbocycles. The van der Waals surface area contributed by atoms with Crippen molar-refractivity contribution >= 4 is 5.78 Å². The summed E-state index contributed by atoms with van der Waals surface area (Å²) < 4.78 is 0. The van der Waals surface area contributed by atoms with E-state index in [1.807, 2.05) is 12.2 Å². The van der Waals surface area contributed by atoms with Gasteiger partial charge in [0.2, 0.25) is 0 Å². The number of rotatable bonds is 1. The summed E-state index contributed by atoms with van der Waals surface area (Å²) in [5.41, 5.74) is 3.95. The van der Waals surface area contributed by atoms with Gasteiger partial charge in [0.25, 0.3) is 0 Å². The summed E-state index contributed by atoms with van der Waals surface area (Å²) in [5.74, 6) is 0.777. The number of allylic oxidation sites excluding steroid dienone is 5. The van der Waals surface area contributed by atoms with Gasteiger partial charge in [-0.05, 0) is 58.1 Å². The van der Waals surface area contributed by atoms with Crippen molar-refractivity contribution in [3.63, 3.8) is 0 Å². The molecule has 0 N–H and O–H groups in total. The first kappa shape index (κ1) is 11.4. The molecule has 0 radical (unpaired) electrons. The van der Waals surface area contributed by atoms with Gasteiger partial charge in [-0.1, -0.05) is 23.3 Å². The van der Waals surface area contributed by atoms with Crippen LogP contribution in [-0.2, 0) is 4.79 Å². The molecular formula is C15H20O. The highest BCUT2D eigenvalue weighted by atomic mass is 16.1. The molecule has 86 valence electrons. The lowest BCUT2D eigenvalue weighted by Crippen LogP contribution is -2.24. The number of carbonyl (C=O) groups excluding carboxylic acids is 1. The Bertz CT molecular complexity index is 387. The molecular weight excluding hydrogens is 196 g/mol. The minimum atomic E-state index is 0.152. The third-order valence-electron chi connectivity index (χ3n) is 4.44. The van der Waals surface area contributed by atoms with Crippen LogP contribution in [0, 0.1) is 11.3 Å². The zero-order valence-corrected chi connectivity index (χ0v) is 10.5. The van der Waals surface area contributed by atoms with Crippen LogP contribution in [0.1, 0.15) is 40.0 Å². The fourth-order valence-corrected chi connectivity index (χ4v) is 3.24. The van der Waals surface area contributed by atoms with Crippen LogP contribution in [0.5, 0.6) is 0 Å². The van der Waals surface area contributed by atoms with E-state index in [0.29, 0.717) is 5.92 Å². The molecule has 16 heavy (non-hydrogen) atoms. The number of carbonyl (C=O) groups is 1. The van der Waals surface area contributed by atoms with Crippen LogP contribution < -0.4 is 0 Å². The predicted octanol–water partition coefficient (Wildman–Crippen LogP) is 3.82. The van der Waals surface area contributed by atoms with E-state index in [4.69, 9.17) is 0 Å². The highest BCUT2D eigenvalue weighted by Gasteiger charge is 2.43. The van der Waals surface area contributed by atoms with E-state index in [0.717, 1.165) is 6.42 Å². The number of hydrogen-bond donors (Lipinski definition) is 0. The highest BCUT2D eigenvalue weighted by molar-refractivity contribution is 6.01. The average molecular weight is 216 g/mol. The van der Waals surface area contributed by atoms with E-state index in [1.54, 1.807) is 0 Å². The summed E-state index contributed by atoms with van der Waals surface area (Å²) in [6, 6.07) is 0. The van der Waals surface area contributed by atoms with E-state index in [-0.39, 0.29) is 11.2 Å². The summed E-state index contributed by atoms with van der Waals surface area (Å²) in [6.07, 6.45) is 7.14. The van der Waals surface area contributed by atoms with Crippen LogP contribution in [-0.4, -0.2) is 5.78 Å². The Morgan fingerprint density at radius 2 is 1.94 bits per heavy atom. The highest BCUT2D eigenvalue weighted by Crippen LogP contribution is 2.54. The Balaban J connectivity index is 2.33. The standard InChI is InChI=1S/C15H20O/c1-10(2)13-5-6-15(9-13)11(3)7-14(16)8-12(15)4/h7-8,13H,1,5-6,9H2,2-4H3/t13-/m0/s1. The summed E-state index contributed by atoms with van der Waals surface area (Å²) >= 11 is 0. The molecule has 2 rings (SSSR count). The number of ketones is 1. The monoisotopic (exact) mass is 216 g/mol. The molecule has 1 nitrogen and oxygen atoms in total. The molecule has 0 bridgehead atoms. The van der Waals surface area contributed by atoms with Gasteiger partial charge in [-0.3, -0.25) is 4.79 Å². The molecule has 0 heterocycles. The number of hydrogen-bond acceptors (Lipinski definition) is 1. The average Bonchev–Trinajstić information content (AvgIpc) is 2.60. The second-order valence-electron chi connectivity index (χ2n) is 5.43. The topological polar surface area (TPSA) is 17.1 Å². The molecule has 1 heteroatoms. The normalized spacial score (nSPS) is 27.9. The molecule has 0 amide bonds. The van der Waals surface area contributed by atoms with Crippen molar-refractivity contribution in [1.29, 1.82) is 0 Å².